The third kappa shape index (κ3) is 6.20. The van der Waals surface area contributed by atoms with Gasteiger partial charge in [0.25, 0.3) is 15.9 Å². The van der Waals surface area contributed by atoms with E-state index in [1.165, 1.54) is 30.6 Å². The van der Waals surface area contributed by atoms with Gasteiger partial charge in [-0.05, 0) is 36.2 Å². The van der Waals surface area contributed by atoms with Gasteiger partial charge in [-0.25, -0.2) is 8.42 Å². The molecule has 0 saturated heterocycles. The van der Waals surface area contributed by atoms with Gasteiger partial charge in [-0.1, -0.05) is 37.3 Å². The van der Waals surface area contributed by atoms with E-state index in [0.29, 0.717) is 30.0 Å². The van der Waals surface area contributed by atoms with E-state index in [2.05, 4.69) is 20.2 Å². The maximum Gasteiger partial charge on any atom is 0.263 e. The fourth-order valence-electron chi connectivity index (χ4n) is 2.92. The summed E-state index contributed by atoms with van der Waals surface area (Å²) in [7, 11) is -0.730. The van der Waals surface area contributed by atoms with Crippen LogP contribution in [0.4, 0.5) is 5.13 Å². The van der Waals surface area contributed by atoms with E-state index < -0.39 is 10.0 Å². The SMILES string of the molecule is COc1ccc(C(=O)NCCc2ccc(S(=O)(=O)Nc3nnc(C(C)C)s3)cc2)c(OC)c1. The topological polar surface area (TPSA) is 120 Å². The van der Waals surface area contributed by atoms with E-state index in [4.69, 9.17) is 9.47 Å². The van der Waals surface area contributed by atoms with Crippen LogP contribution in [0.15, 0.2) is 47.4 Å². The lowest BCUT2D eigenvalue weighted by molar-refractivity contribution is 0.0951. The molecule has 0 bridgehead atoms. The Morgan fingerprint density at radius 3 is 2.39 bits per heavy atom. The van der Waals surface area contributed by atoms with Gasteiger partial charge >= 0.3 is 0 Å². The van der Waals surface area contributed by atoms with Crippen LogP contribution < -0.4 is 19.5 Å². The van der Waals surface area contributed by atoms with Crippen molar-refractivity contribution >= 4 is 32.4 Å². The van der Waals surface area contributed by atoms with Crippen LogP contribution in [0.1, 0.15) is 40.7 Å². The van der Waals surface area contributed by atoms with Crippen LogP contribution in [-0.2, 0) is 16.4 Å². The van der Waals surface area contributed by atoms with E-state index in [0.717, 1.165) is 10.6 Å². The van der Waals surface area contributed by atoms with E-state index in [1.807, 2.05) is 13.8 Å². The number of rotatable bonds is 10. The highest BCUT2D eigenvalue weighted by Gasteiger charge is 2.18. The van der Waals surface area contributed by atoms with Gasteiger partial charge in [0, 0.05) is 18.5 Å². The van der Waals surface area contributed by atoms with Crippen LogP contribution in [0, 0.1) is 0 Å². The number of anilines is 1. The number of aromatic nitrogens is 2. The average molecular weight is 491 g/mol. The molecule has 0 unspecified atom stereocenters. The van der Waals surface area contributed by atoms with E-state index in [1.54, 1.807) is 37.4 Å². The van der Waals surface area contributed by atoms with E-state index >= 15 is 0 Å². The zero-order chi connectivity index (χ0) is 24.0. The summed E-state index contributed by atoms with van der Waals surface area (Å²) in [6.45, 7) is 4.31. The predicted molar refractivity (Wildman–Crippen MR) is 127 cm³/mol. The maximum absolute atomic E-state index is 12.6. The number of ether oxygens (including phenoxy) is 2. The van der Waals surface area contributed by atoms with Crippen molar-refractivity contribution in [3.63, 3.8) is 0 Å². The molecule has 11 heteroatoms. The monoisotopic (exact) mass is 490 g/mol. The number of carbonyl (C=O) groups excluding carboxylic acids is 1. The van der Waals surface area contributed by atoms with E-state index in [9.17, 15) is 13.2 Å². The minimum atomic E-state index is -3.76. The van der Waals surface area contributed by atoms with Gasteiger partial charge in [0.1, 0.15) is 16.5 Å². The number of sulfonamides is 1. The minimum Gasteiger partial charge on any atom is -0.497 e. The van der Waals surface area contributed by atoms with Gasteiger partial charge in [0.2, 0.25) is 5.13 Å². The number of hydrogen-bond acceptors (Lipinski definition) is 8. The van der Waals surface area contributed by atoms with Gasteiger partial charge in [0.05, 0.1) is 24.7 Å². The molecule has 0 fully saturated rings. The molecule has 2 aromatic carbocycles. The third-order valence-electron chi connectivity index (χ3n) is 4.74. The number of nitrogens with one attached hydrogen (secondary N) is 2. The quantitative estimate of drug-likeness (QED) is 0.447. The lowest BCUT2D eigenvalue weighted by atomic mass is 10.1. The van der Waals surface area contributed by atoms with E-state index in [-0.39, 0.29) is 21.9 Å². The highest BCUT2D eigenvalue weighted by atomic mass is 32.2. The van der Waals surface area contributed by atoms with Crippen molar-refractivity contribution in [3.05, 3.63) is 58.6 Å². The van der Waals surface area contributed by atoms with Crippen LogP contribution in [0.5, 0.6) is 11.5 Å². The number of hydrogen-bond donors (Lipinski definition) is 2. The Labute approximate surface area is 197 Å². The molecule has 0 radical (unpaired) electrons. The standard InChI is InChI=1S/C22H26N4O5S2/c1-14(2)21-24-25-22(32-21)26-33(28,29)17-8-5-15(6-9-17)11-12-23-20(27)18-10-7-16(30-3)13-19(18)31-4/h5-10,13-14H,11-12H2,1-4H3,(H,23,27)(H,25,26). The Kier molecular flexibility index (Phi) is 7.88. The molecule has 2 N–H and O–H groups in total. The zero-order valence-electron chi connectivity index (χ0n) is 18.8. The number of carbonyl (C=O) groups is 1. The van der Waals surface area contributed by atoms with Crippen molar-refractivity contribution < 1.29 is 22.7 Å². The van der Waals surface area contributed by atoms with Crippen molar-refractivity contribution in [2.24, 2.45) is 0 Å². The number of nitrogens with zero attached hydrogens (tertiary/aromatic N) is 2. The molecule has 1 amide bonds. The van der Waals surface area contributed by atoms with Crippen LogP contribution >= 0.6 is 11.3 Å². The fraction of sp³-hybridized carbons (Fsp3) is 0.318. The average Bonchev–Trinajstić information content (AvgIpc) is 3.27. The van der Waals surface area contributed by atoms with Crippen molar-refractivity contribution in [3.8, 4) is 11.5 Å². The molecule has 0 atom stereocenters. The Morgan fingerprint density at radius 1 is 1.06 bits per heavy atom. The van der Waals surface area contributed by atoms with Crippen molar-refractivity contribution in [1.29, 1.82) is 0 Å². The molecule has 1 heterocycles. The second kappa shape index (κ2) is 10.6. The summed E-state index contributed by atoms with van der Waals surface area (Å²) in [6.07, 6.45) is 0.534. The third-order valence-corrected chi connectivity index (χ3v) is 7.37. The molecule has 176 valence electrons. The summed E-state index contributed by atoms with van der Waals surface area (Å²) >= 11 is 1.21. The molecular weight excluding hydrogens is 464 g/mol. The molecule has 9 nitrogen and oxygen atoms in total. The fourth-order valence-corrected chi connectivity index (χ4v) is 4.90. The molecule has 0 aliphatic carbocycles. The van der Waals surface area contributed by atoms with Crippen LogP contribution in [-0.4, -0.2) is 45.3 Å². The Morgan fingerprint density at radius 2 is 1.79 bits per heavy atom. The summed E-state index contributed by atoms with van der Waals surface area (Å²) in [5.41, 5.74) is 1.29. The van der Waals surface area contributed by atoms with Gasteiger partial charge in [-0.15, -0.1) is 10.2 Å². The first-order chi connectivity index (χ1) is 15.7. The molecule has 0 aliphatic heterocycles. The molecule has 0 saturated carbocycles. The first-order valence-electron chi connectivity index (χ1n) is 10.2. The first-order valence-corrected chi connectivity index (χ1v) is 12.5. The van der Waals surface area contributed by atoms with Crippen molar-refractivity contribution in [2.45, 2.75) is 31.1 Å². The Hall–Kier alpha value is -3.18. The van der Waals surface area contributed by atoms with Gasteiger partial charge in [-0.3, -0.25) is 9.52 Å². The zero-order valence-corrected chi connectivity index (χ0v) is 20.4. The van der Waals surface area contributed by atoms with Crippen LogP contribution in [0.25, 0.3) is 0 Å². The normalized spacial score (nSPS) is 11.3. The number of methoxy groups -OCH3 is 2. The molecule has 0 spiro atoms. The second-order valence-corrected chi connectivity index (χ2v) is 10.1. The summed E-state index contributed by atoms with van der Waals surface area (Å²) in [4.78, 5) is 12.6. The molecule has 1 aromatic heterocycles. The second-order valence-electron chi connectivity index (χ2n) is 7.42. The first kappa shape index (κ1) is 24.5. The van der Waals surface area contributed by atoms with Crippen LogP contribution in [0.3, 0.4) is 0 Å². The van der Waals surface area contributed by atoms with Crippen molar-refractivity contribution in [1.82, 2.24) is 15.5 Å². The number of amides is 1. The minimum absolute atomic E-state index is 0.125. The summed E-state index contributed by atoms with van der Waals surface area (Å²) < 4.78 is 38.1. The Bertz CT molecular complexity index is 1210. The molecule has 0 aliphatic rings. The van der Waals surface area contributed by atoms with Crippen LogP contribution in [0.2, 0.25) is 0 Å². The van der Waals surface area contributed by atoms with Gasteiger partial charge in [0.15, 0.2) is 0 Å². The highest BCUT2D eigenvalue weighted by molar-refractivity contribution is 7.93. The number of benzene rings is 2. The molecule has 3 rings (SSSR count). The van der Waals surface area contributed by atoms with Crippen molar-refractivity contribution in [2.75, 3.05) is 25.5 Å². The predicted octanol–water partition coefficient (Wildman–Crippen LogP) is 3.45. The highest BCUT2D eigenvalue weighted by Crippen LogP contribution is 2.25. The summed E-state index contributed by atoms with van der Waals surface area (Å²) in [6, 6.07) is 11.5. The lowest BCUT2D eigenvalue weighted by Gasteiger charge is -2.11. The summed E-state index contributed by atoms with van der Waals surface area (Å²) in [5.74, 6) is 0.923. The van der Waals surface area contributed by atoms with Gasteiger partial charge < -0.3 is 14.8 Å². The molecular formula is C22H26N4O5S2. The summed E-state index contributed by atoms with van der Waals surface area (Å²) in [5, 5.41) is 11.7. The molecule has 3 aromatic rings. The smallest absolute Gasteiger partial charge is 0.263 e. The Balaban J connectivity index is 1.57. The molecule has 33 heavy (non-hydrogen) atoms. The lowest BCUT2D eigenvalue weighted by Crippen LogP contribution is -2.26. The maximum atomic E-state index is 12.6. The van der Waals surface area contributed by atoms with Gasteiger partial charge in [-0.2, -0.15) is 0 Å². The largest absolute Gasteiger partial charge is 0.497 e.